The number of amides is 3. The van der Waals surface area contributed by atoms with E-state index in [1.165, 1.54) is 0 Å². The minimum absolute atomic E-state index is 0.0243. The zero-order chi connectivity index (χ0) is 12.0. The average Bonchev–Trinajstić information content (AvgIpc) is 2.69. The Morgan fingerprint density at radius 1 is 1.44 bits per heavy atom. The molecule has 6 heteroatoms. The molecule has 0 saturated carbocycles. The molecule has 1 aliphatic rings. The van der Waals surface area contributed by atoms with Crippen LogP contribution in [0.4, 0.5) is 0 Å². The van der Waals surface area contributed by atoms with E-state index in [4.69, 9.17) is 0 Å². The van der Waals surface area contributed by atoms with Gasteiger partial charge in [0.05, 0.1) is 12.5 Å². The highest BCUT2D eigenvalue weighted by Gasteiger charge is 2.27. The number of rotatable bonds is 5. The van der Waals surface area contributed by atoms with Gasteiger partial charge in [-0.05, 0) is 6.42 Å². The van der Waals surface area contributed by atoms with Crippen LogP contribution < -0.4 is 16.0 Å². The number of nitrogens with one attached hydrogen (secondary N) is 3. The molecule has 3 amide bonds. The Morgan fingerprint density at radius 2 is 2.19 bits per heavy atom. The van der Waals surface area contributed by atoms with Gasteiger partial charge in [0.2, 0.25) is 17.7 Å². The zero-order valence-corrected chi connectivity index (χ0v) is 9.34. The highest BCUT2D eigenvalue weighted by Crippen LogP contribution is 2.07. The van der Waals surface area contributed by atoms with Crippen LogP contribution in [0, 0.1) is 5.92 Å². The second-order valence-corrected chi connectivity index (χ2v) is 3.77. The first-order valence-electron chi connectivity index (χ1n) is 5.44. The van der Waals surface area contributed by atoms with Crippen LogP contribution in [0.25, 0.3) is 0 Å². The Balaban J connectivity index is 2.19. The third-order valence-corrected chi connectivity index (χ3v) is 2.34. The lowest BCUT2D eigenvalue weighted by atomic mass is 10.1. The van der Waals surface area contributed by atoms with E-state index in [1.54, 1.807) is 0 Å². The summed E-state index contributed by atoms with van der Waals surface area (Å²) in [6.45, 7) is 2.90. The van der Waals surface area contributed by atoms with Gasteiger partial charge >= 0.3 is 0 Å². The van der Waals surface area contributed by atoms with Crippen LogP contribution in [0.15, 0.2) is 0 Å². The van der Waals surface area contributed by atoms with E-state index in [-0.39, 0.29) is 36.6 Å². The van der Waals surface area contributed by atoms with E-state index in [1.807, 2.05) is 6.92 Å². The fourth-order valence-corrected chi connectivity index (χ4v) is 1.43. The first-order valence-corrected chi connectivity index (χ1v) is 5.44. The monoisotopic (exact) mass is 227 g/mol. The Morgan fingerprint density at radius 3 is 2.75 bits per heavy atom. The van der Waals surface area contributed by atoms with Gasteiger partial charge in [-0.1, -0.05) is 6.92 Å². The highest BCUT2D eigenvalue weighted by atomic mass is 16.2. The molecule has 1 heterocycles. The van der Waals surface area contributed by atoms with E-state index < -0.39 is 0 Å². The summed E-state index contributed by atoms with van der Waals surface area (Å²) in [4.78, 5) is 33.5. The summed E-state index contributed by atoms with van der Waals surface area (Å²) in [7, 11) is 0. The summed E-state index contributed by atoms with van der Waals surface area (Å²) >= 11 is 0. The molecular formula is C10H17N3O3. The van der Waals surface area contributed by atoms with Crippen LogP contribution in [-0.2, 0) is 14.4 Å². The van der Waals surface area contributed by atoms with Crippen molar-refractivity contribution in [2.45, 2.75) is 19.8 Å². The fraction of sp³-hybridized carbons (Fsp3) is 0.700. The normalized spacial score (nSPS) is 19.1. The van der Waals surface area contributed by atoms with Gasteiger partial charge in [-0.25, -0.2) is 0 Å². The van der Waals surface area contributed by atoms with E-state index in [2.05, 4.69) is 16.0 Å². The smallest absolute Gasteiger partial charge is 0.239 e. The molecule has 6 nitrogen and oxygen atoms in total. The highest BCUT2D eigenvalue weighted by molar-refractivity contribution is 5.91. The summed E-state index contributed by atoms with van der Waals surface area (Å²) in [6.07, 6.45) is 1.07. The second kappa shape index (κ2) is 6.09. The van der Waals surface area contributed by atoms with Gasteiger partial charge in [0, 0.05) is 19.5 Å². The topological polar surface area (TPSA) is 87.3 Å². The van der Waals surface area contributed by atoms with Gasteiger partial charge in [-0.15, -0.1) is 0 Å². The molecule has 0 aliphatic carbocycles. The summed E-state index contributed by atoms with van der Waals surface area (Å²) in [5.41, 5.74) is 0. The molecule has 1 fully saturated rings. The molecule has 0 aromatic rings. The molecule has 1 unspecified atom stereocenters. The van der Waals surface area contributed by atoms with Crippen LogP contribution in [0.3, 0.4) is 0 Å². The summed E-state index contributed by atoms with van der Waals surface area (Å²) < 4.78 is 0. The molecule has 90 valence electrons. The fourth-order valence-electron chi connectivity index (χ4n) is 1.43. The molecule has 1 aliphatic heterocycles. The van der Waals surface area contributed by atoms with Gasteiger partial charge in [0.25, 0.3) is 0 Å². The van der Waals surface area contributed by atoms with Crippen molar-refractivity contribution in [3.8, 4) is 0 Å². The standard InChI is InChI=1S/C10H17N3O3/c1-2-3-11-9(15)6-13-10(16)7-4-8(14)12-5-7/h7H,2-6H2,1H3,(H,11,15)(H,12,14)(H,13,16). The van der Waals surface area contributed by atoms with Crippen molar-refractivity contribution in [2.75, 3.05) is 19.6 Å². The molecule has 0 bridgehead atoms. The molecule has 16 heavy (non-hydrogen) atoms. The van der Waals surface area contributed by atoms with Gasteiger partial charge in [-0.2, -0.15) is 0 Å². The third kappa shape index (κ3) is 3.88. The lowest BCUT2D eigenvalue weighted by Gasteiger charge is -2.08. The lowest BCUT2D eigenvalue weighted by Crippen LogP contribution is -2.40. The predicted molar refractivity (Wildman–Crippen MR) is 57.4 cm³/mol. The molecule has 3 N–H and O–H groups in total. The first-order chi connectivity index (χ1) is 7.63. The van der Waals surface area contributed by atoms with Crippen LogP contribution in [-0.4, -0.2) is 37.4 Å². The van der Waals surface area contributed by atoms with Gasteiger partial charge < -0.3 is 16.0 Å². The SMILES string of the molecule is CCCNC(=O)CNC(=O)C1CNC(=O)C1. The predicted octanol–water partition coefficient (Wildman–Crippen LogP) is -1.24. The quantitative estimate of drug-likeness (QED) is 0.549. The maximum absolute atomic E-state index is 11.5. The number of carbonyl (C=O) groups excluding carboxylic acids is 3. The molecule has 0 radical (unpaired) electrons. The van der Waals surface area contributed by atoms with E-state index >= 15 is 0 Å². The Bertz CT molecular complexity index is 291. The van der Waals surface area contributed by atoms with Gasteiger partial charge in [-0.3, -0.25) is 14.4 Å². The van der Waals surface area contributed by atoms with Crippen molar-refractivity contribution in [3.05, 3.63) is 0 Å². The summed E-state index contributed by atoms with van der Waals surface area (Å²) in [6, 6.07) is 0. The van der Waals surface area contributed by atoms with E-state index in [9.17, 15) is 14.4 Å². The molecular weight excluding hydrogens is 210 g/mol. The van der Waals surface area contributed by atoms with E-state index in [0.29, 0.717) is 13.1 Å². The van der Waals surface area contributed by atoms with E-state index in [0.717, 1.165) is 6.42 Å². The number of carbonyl (C=O) groups is 3. The molecule has 0 spiro atoms. The van der Waals surface area contributed by atoms with Crippen molar-refractivity contribution in [2.24, 2.45) is 5.92 Å². The zero-order valence-electron chi connectivity index (χ0n) is 9.34. The Hall–Kier alpha value is -1.59. The van der Waals surface area contributed by atoms with Crippen LogP contribution in [0.2, 0.25) is 0 Å². The van der Waals surface area contributed by atoms with Crippen LogP contribution in [0.1, 0.15) is 19.8 Å². The summed E-state index contributed by atoms with van der Waals surface area (Å²) in [5.74, 6) is -0.903. The van der Waals surface area contributed by atoms with Crippen molar-refractivity contribution in [1.29, 1.82) is 0 Å². The van der Waals surface area contributed by atoms with Crippen molar-refractivity contribution in [3.63, 3.8) is 0 Å². The molecule has 1 rings (SSSR count). The third-order valence-electron chi connectivity index (χ3n) is 2.34. The second-order valence-electron chi connectivity index (χ2n) is 3.77. The Kier molecular flexibility index (Phi) is 4.75. The Labute approximate surface area is 94.2 Å². The van der Waals surface area contributed by atoms with Crippen molar-refractivity contribution in [1.82, 2.24) is 16.0 Å². The maximum Gasteiger partial charge on any atom is 0.239 e. The minimum atomic E-state index is -0.341. The first kappa shape index (κ1) is 12.5. The molecule has 0 aromatic carbocycles. The van der Waals surface area contributed by atoms with Crippen molar-refractivity contribution >= 4 is 17.7 Å². The molecule has 1 saturated heterocycles. The average molecular weight is 227 g/mol. The largest absolute Gasteiger partial charge is 0.355 e. The van der Waals surface area contributed by atoms with Gasteiger partial charge in [0.1, 0.15) is 0 Å². The van der Waals surface area contributed by atoms with Gasteiger partial charge in [0.15, 0.2) is 0 Å². The number of hydrogen-bond donors (Lipinski definition) is 3. The van der Waals surface area contributed by atoms with Crippen LogP contribution in [0.5, 0.6) is 0 Å². The number of hydrogen-bond acceptors (Lipinski definition) is 3. The van der Waals surface area contributed by atoms with Crippen molar-refractivity contribution < 1.29 is 14.4 Å². The summed E-state index contributed by atoms with van der Waals surface area (Å²) in [5, 5.41) is 7.73. The molecule has 0 aromatic heterocycles. The maximum atomic E-state index is 11.5. The lowest BCUT2D eigenvalue weighted by molar-refractivity contribution is -0.129. The molecule has 1 atom stereocenters. The minimum Gasteiger partial charge on any atom is -0.355 e. The van der Waals surface area contributed by atoms with Crippen LogP contribution >= 0.6 is 0 Å².